The minimum Gasteiger partial charge on any atom is -0.398 e. The molecular weight excluding hydrogens is 292 g/mol. The molecule has 0 radical (unpaired) electrons. The largest absolute Gasteiger partial charge is 0.398 e. The molecule has 1 aromatic rings. The molecular formula is C14H22N2O4S. The van der Waals surface area contributed by atoms with Gasteiger partial charge in [0, 0.05) is 39.6 Å². The Kier molecular flexibility index (Phi) is 4.57. The highest BCUT2D eigenvalue weighted by molar-refractivity contribution is 7.89. The van der Waals surface area contributed by atoms with Crippen LogP contribution >= 0.6 is 0 Å². The van der Waals surface area contributed by atoms with Crippen molar-refractivity contribution in [2.75, 3.05) is 32.5 Å². The van der Waals surface area contributed by atoms with E-state index < -0.39 is 15.6 Å². The second-order valence-corrected chi connectivity index (χ2v) is 7.57. The number of hydrogen-bond acceptors (Lipinski definition) is 5. The Hall–Kier alpha value is -1.15. The van der Waals surface area contributed by atoms with Crippen molar-refractivity contribution in [1.29, 1.82) is 0 Å². The molecule has 0 unspecified atom stereocenters. The molecule has 0 saturated carbocycles. The topological polar surface area (TPSA) is 92.9 Å². The van der Waals surface area contributed by atoms with Gasteiger partial charge in [-0.2, -0.15) is 4.31 Å². The lowest BCUT2D eigenvalue weighted by Crippen LogP contribution is -2.47. The molecule has 0 amide bonds. The van der Waals surface area contributed by atoms with Crippen LogP contribution in [0.2, 0.25) is 0 Å². The summed E-state index contributed by atoms with van der Waals surface area (Å²) in [5.41, 5.74) is 5.60. The van der Waals surface area contributed by atoms with E-state index in [-0.39, 0.29) is 17.1 Å². The minimum atomic E-state index is -3.73. The number of likely N-dealkylation sites (N-methyl/N-ethyl adjacent to an activating group) is 1. The number of anilines is 1. The van der Waals surface area contributed by atoms with Crippen LogP contribution in [0.1, 0.15) is 18.4 Å². The first-order valence-corrected chi connectivity index (χ1v) is 8.32. The molecule has 21 heavy (non-hydrogen) atoms. The van der Waals surface area contributed by atoms with Crippen LogP contribution in [0.5, 0.6) is 0 Å². The molecule has 1 aromatic carbocycles. The van der Waals surface area contributed by atoms with Crippen molar-refractivity contribution >= 4 is 15.7 Å². The van der Waals surface area contributed by atoms with Gasteiger partial charge in [-0.1, -0.05) is 12.1 Å². The van der Waals surface area contributed by atoms with Crippen molar-refractivity contribution < 1.29 is 18.3 Å². The van der Waals surface area contributed by atoms with Gasteiger partial charge in [0.2, 0.25) is 10.0 Å². The predicted octanol–water partition coefficient (Wildman–Crippen LogP) is 0.739. The quantitative estimate of drug-likeness (QED) is 0.800. The van der Waals surface area contributed by atoms with E-state index in [1.807, 2.05) is 0 Å². The number of ether oxygens (including phenoxy) is 1. The molecule has 1 saturated heterocycles. The molecule has 0 aromatic heterocycles. The van der Waals surface area contributed by atoms with Gasteiger partial charge in [0.05, 0.1) is 11.3 Å². The van der Waals surface area contributed by atoms with Crippen molar-refractivity contribution in [2.45, 2.75) is 30.3 Å². The van der Waals surface area contributed by atoms with Gasteiger partial charge in [0.15, 0.2) is 0 Å². The Morgan fingerprint density at radius 3 is 2.57 bits per heavy atom. The lowest BCUT2D eigenvalue weighted by atomic mass is 9.95. The molecule has 0 spiro atoms. The zero-order valence-electron chi connectivity index (χ0n) is 12.4. The van der Waals surface area contributed by atoms with Gasteiger partial charge in [0.25, 0.3) is 0 Å². The zero-order chi connectivity index (χ0) is 15.7. The fourth-order valence-corrected chi connectivity index (χ4v) is 4.16. The zero-order valence-corrected chi connectivity index (χ0v) is 13.2. The van der Waals surface area contributed by atoms with Crippen molar-refractivity contribution in [3.63, 3.8) is 0 Å². The summed E-state index contributed by atoms with van der Waals surface area (Å²) in [5.74, 6) is 0. The normalized spacial score (nSPS) is 18.9. The molecule has 7 heteroatoms. The standard InChI is InChI=1S/C14H22N2O4S/c1-11-4-3-5-12(15)13(11)21(18,19)16(2)10-14(17)6-8-20-9-7-14/h3-5,17H,6-10,15H2,1-2H3. The number of nitrogens with two attached hydrogens (primary N) is 1. The second-order valence-electron chi connectivity index (χ2n) is 5.59. The molecule has 1 fully saturated rings. The maximum absolute atomic E-state index is 12.7. The molecule has 1 heterocycles. The number of nitrogens with zero attached hydrogens (tertiary/aromatic N) is 1. The summed E-state index contributed by atoms with van der Waals surface area (Å²) >= 11 is 0. The number of benzene rings is 1. The summed E-state index contributed by atoms with van der Waals surface area (Å²) in [4.78, 5) is 0.114. The van der Waals surface area contributed by atoms with E-state index in [2.05, 4.69) is 0 Å². The number of hydrogen-bond donors (Lipinski definition) is 2. The fourth-order valence-electron chi connectivity index (χ4n) is 2.59. The van der Waals surface area contributed by atoms with E-state index in [9.17, 15) is 13.5 Å². The van der Waals surface area contributed by atoms with Gasteiger partial charge in [0.1, 0.15) is 4.90 Å². The molecule has 0 bridgehead atoms. The summed E-state index contributed by atoms with van der Waals surface area (Å²) in [5, 5.41) is 10.5. The van der Waals surface area contributed by atoms with Crippen molar-refractivity contribution in [2.24, 2.45) is 0 Å². The average Bonchev–Trinajstić information content (AvgIpc) is 2.38. The van der Waals surface area contributed by atoms with Gasteiger partial charge in [-0.15, -0.1) is 0 Å². The number of nitrogen functional groups attached to an aromatic ring is 1. The summed E-state index contributed by atoms with van der Waals surface area (Å²) in [6.45, 7) is 2.63. The van der Waals surface area contributed by atoms with Crippen molar-refractivity contribution in [3.8, 4) is 0 Å². The molecule has 3 N–H and O–H groups in total. The van der Waals surface area contributed by atoms with Crippen LogP contribution in [0.4, 0.5) is 5.69 Å². The maximum atomic E-state index is 12.7. The first kappa shape index (κ1) is 16.2. The highest BCUT2D eigenvalue weighted by Crippen LogP contribution is 2.28. The summed E-state index contributed by atoms with van der Waals surface area (Å²) in [7, 11) is -2.26. The number of sulfonamides is 1. The molecule has 0 aliphatic carbocycles. The van der Waals surface area contributed by atoms with Crippen LogP contribution < -0.4 is 5.73 Å². The van der Waals surface area contributed by atoms with Crippen LogP contribution in [0, 0.1) is 6.92 Å². The first-order valence-electron chi connectivity index (χ1n) is 6.88. The highest BCUT2D eigenvalue weighted by atomic mass is 32.2. The van der Waals surface area contributed by atoms with E-state index >= 15 is 0 Å². The molecule has 0 atom stereocenters. The Labute approximate surface area is 125 Å². The summed E-state index contributed by atoms with van der Waals surface area (Å²) in [6.07, 6.45) is 0.853. The SMILES string of the molecule is Cc1cccc(N)c1S(=O)(=O)N(C)CC1(O)CCOCC1. The Morgan fingerprint density at radius 1 is 1.38 bits per heavy atom. The molecule has 1 aliphatic heterocycles. The molecule has 2 rings (SSSR count). The number of aliphatic hydroxyl groups is 1. The van der Waals surface area contributed by atoms with Crippen molar-refractivity contribution in [3.05, 3.63) is 23.8 Å². The monoisotopic (exact) mass is 314 g/mol. The van der Waals surface area contributed by atoms with E-state index in [0.29, 0.717) is 31.6 Å². The third-order valence-electron chi connectivity index (χ3n) is 3.85. The highest BCUT2D eigenvalue weighted by Gasteiger charge is 2.35. The minimum absolute atomic E-state index is 0.0342. The van der Waals surface area contributed by atoms with E-state index in [1.165, 1.54) is 11.4 Å². The lowest BCUT2D eigenvalue weighted by molar-refractivity contribution is -0.0689. The van der Waals surface area contributed by atoms with E-state index in [0.717, 1.165) is 0 Å². The molecule has 6 nitrogen and oxygen atoms in total. The van der Waals surface area contributed by atoms with Crippen LogP contribution in [-0.2, 0) is 14.8 Å². The van der Waals surface area contributed by atoms with Gasteiger partial charge in [-0.3, -0.25) is 0 Å². The third-order valence-corrected chi connectivity index (χ3v) is 5.87. The smallest absolute Gasteiger partial charge is 0.245 e. The summed E-state index contributed by atoms with van der Waals surface area (Å²) < 4.78 is 31.8. The van der Waals surface area contributed by atoms with E-state index in [4.69, 9.17) is 10.5 Å². The fraction of sp³-hybridized carbons (Fsp3) is 0.571. The van der Waals surface area contributed by atoms with Gasteiger partial charge in [-0.25, -0.2) is 8.42 Å². The average molecular weight is 314 g/mol. The second kappa shape index (κ2) is 5.92. The van der Waals surface area contributed by atoms with Crippen LogP contribution in [0.15, 0.2) is 23.1 Å². The number of rotatable bonds is 4. The Bertz CT molecular complexity index is 589. The van der Waals surface area contributed by atoms with Crippen molar-refractivity contribution in [1.82, 2.24) is 4.31 Å². The van der Waals surface area contributed by atoms with Crippen LogP contribution in [-0.4, -0.2) is 50.2 Å². The lowest BCUT2D eigenvalue weighted by Gasteiger charge is -2.35. The number of aryl methyl sites for hydroxylation is 1. The summed E-state index contributed by atoms with van der Waals surface area (Å²) in [6, 6.07) is 4.99. The van der Waals surface area contributed by atoms with Crippen LogP contribution in [0.25, 0.3) is 0 Å². The van der Waals surface area contributed by atoms with Gasteiger partial charge in [-0.05, 0) is 18.6 Å². The Morgan fingerprint density at radius 2 is 2.00 bits per heavy atom. The third kappa shape index (κ3) is 3.37. The molecule has 1 aliphatic rings. The first-order chi connectivity index (χ1) is 9.76. The predicted molar refractivity (Wildman–Crippen MR) is 80.4 cm³/mol. The van der Waals surface area contributed by atoms with Crippen LogP contribution in [0.3, 0.4) is 0 Å². The molecule has 118 valence electrons. The van der Waals surface area contributed by atoms with Gasteiger partial charge < -0.3 is 15.6 Å². The van der Waals surface area contributed by atoms with Gasteiger partial charge >= 0.3 is 0 Å². The Balaban J connectivity index is 2.27. The van der Waals surface area contributed by atoms with E-state index in [1.54, 1.807) is 25.1 Å². The maximum Gasteiger partial charge on any atom is 0.245 e.